The van der Waals surface area contributed by atoms with Crippen molar-refractivity contribution in [3.63, 3.8) is 0 Å². The highest BCUT2D eigenvalue weighted by molar-refractivity contribution is 5.76. The molecule has 18 heavy (non-hydrogen) atoms. The molecule has 0 aliphatic carbocycles. The molecule has 1 amide bonds. The topological polar surface area (TPSA) is 23.6 Å². The van der Waals surface area contributed by atoms with Crippen molar-refractivity contribution >= 4 is 5.91 Å². The van der Waals surface area contributed by atoms with Crippen molar-refractivity contribution in [1.82, 2.24) is 9.80 Å². The molecular formula is C15H30N2O. The summed E-state index contributed by atoms with van der Waals surface area (Å²) in [5.41, 5.74) is 0. The number of likely N-dealkylation sites (tertiary alicyclic amines) is 1. The van der Waals surface area contributed by atoms with Gasteiger partial charge >= 0.3 is 0 Å². The lowest BCUT2D eigenvalue weighted by Crippen LogP contribution is -2.34. The van der Waals surface area contributed by atoms with E-state index in [1.165, 1.54) is 38.9 Å². The van der Waals surface area contributed by atoms with E-state index in [0.717, 1.165) is 32.4 Å². The maximum absolute atomic E-state index is 12.0. The van der Waals surface area contributed by atoms with Crippen LogP contribution in [0.1, 0.15) is 58.8 Å². The quantitative estimate of drug-likeness (QED) is 0.631. The SMILES string of the molecule is CCCCN(CCCN1CCCC1)C(=O)CCC. The Morgan fingerprint density at radius 1 is 1.06 bits per heavy atom. The molecule has 0 radical (unpaired) electrons. The fourth-order valence-electron chi connectivity index (χ4n) is 2.57. The molecule has 0 spiro atoms. The summed E-state index contributed by atoms with van der Waals surface area (Å²) in [6.45, 7) is 9.87. The molecule has 1 aliphatic rings. The summed E-state index contributed by atoms with van der Waals surface area (Å²) >= 11 is 0. The molecule has 1 aliphatic heterocycles. The third-order valence-corrected chi connectivity index (χ3v) is 3.70. The first kappa shape index (κ1) is 15.5. The minimum absolute atomic E-state index is 0.354. The van der Waals surface area contributed by atoms with Gasteiger partial charge in [-0.15, -0.1) is 0 Å². The van der Waals surface area contributed by atoms with Gasteiger partial charge in [0.15, 0.2) is 0 Å². The molecule has 1 fully saturated rings. The lowest BCUT2D eigenvalue weighted by molar-refractivity contribution is -0.131. The van der Waals surface area contributed by atoms with E-state index in [2.05, 4.69) is 23.6 Å². The van der Waals surface area contributed by atoms with Gasteiger partial charge in [0.1, 0.15) is 0 Å². The maximum atomic E-state index is 12.0. The second-order valence-electron chi connectivity index (χ2n) is 5.39. The van der Waals surface area contributed by atoms with Crippen molar-refractivity contribution in [3.8, 4) is 0 Å². The molecule has 1 saturated heterocycles. The predicted molar refractivity (Wildman–Crippen MR) is 76.7 cm³/mol. The normalized spacial score (nSPS) is 16.1. The largest absolute Gasteiger partial charge is 0.343 e. The van der Waals surface area contributed by atoms with Gasteiger partial charge < -0.3 is 9.80 Å². The predicted octanol–water partition coefficient (Wildman–Crippen LogP) is 2.90. The van der Waals surface area contributed by atoms with Crippen LogP contribution in [0.3, 0.4) is 0 Å². The lowest BCUT2D eigenvalue weighted by atomic mass is 10.2. The van der Waals surface area contributed by atoms with Crippen LogP contribution in [-0.2, 0) is 4.79 Å². The van der Waals surface area contributed by atoms with Crippen LogP contribution in [0.4, 0.5) is 0 Å². The number of unbranched alkanes of at least 4 members (excludes halogenated alkanes) is 1. The summed E-state index contributed by atoms with van der Waals surface area (Å²) < 4.78 is 0. The molecule has 3 nitrogen and oxygen atoms in total. The molecular weight excluding hydrogens is 224 g/mol. The highest BCUT2D eigenvalue weighted by Crippen LogP contribution is 2.08. The average molecular weight is 254 g/mol. The van der Waals surface area contributed by atoms with Gasteiger partial charge in [0.05, 0.1) is 0 Å². The maximum Gasteiger partial charge on any atom is 0.222 e. The number of rotatable bonds is 9. The Hall–Kier alpha value is -0.570. The van der Waals surface area contributed by atoms with E-state index in [1.54, 1.807) is 0 Å². The lowest BCUT2D eigenvalue weighted by Gasteiger charge is -2.24. The first-order valence-electron chi connectivity index (χ1n) is 7.78. The van der Waals surface area contributed by atoms with Crippen LogP contribution >= 0.6 is 0 Å². The monoisotopic (exact) mass is 254 g/mol. The fraction of sp³-hybridized carbons (Fsp3) is 0.933. The van der Waals surface area contributed by atoms with Gasteiger partial charge in [-0.1, -0.05) is 20.3 Å². The summed E-state index contributed by atoms with van der Waals surface area (Å²) in [5.74, 6) is 0.354. The minimum Gasteiger partial charge on any atom is -0.343 e. The Kier molecular flexibility index (Phi) is 8.06. The molecule has 1 heterocycles. The molecule has 3 heteroatoms. The van der Waals surface area contributed by atoms with E-state index >= 15 is 0 Å². The van der Waals surface area contributed by atoms with E-state index in [1.807, 2.05) is 0 Å². The summed E-state index contributed by atoms with van der Waals surface area (Å²) in [7, 11) is 0. The summed E-state index contributed by atoms with van der Waals surface area (Å²) in [4.78, 5) is 16.6. The van der Waals surface area contributed by atoms with E-state index in [0.29, 0.717) is 12.3 Å². The first-order valence-corrected chi connectivity index (χ1v) is 7.78. The Morgan fingerprint density at radius 3 is 2.33 bits per heavy atom. The summed E-state index contributed by atoms with van der Waals surface area (Å²) in [6, 6.07) is 0. The third-order valence-electron chi connectivity index (χ3n) is 3.70. The van der Waals surface area contributed by atoms with Crippen LogP contribution < -0.4 is 0 Å². The number of hydrogen-bond acceptors (Lipinski definition) is 2. The molecule has 0 aromatic rings. The van der Waals surface area contributed by atoms with Crippen molar-refractivity contribution in [2.75, 3.05) is 32.7 Å². The van der Waals surface area contributed by atoms with Gasteiger partial charge in [0.2, 0.25) is 5.91 Å². The third kappa shape index (κ3) is 5.85. The molecule has 0 unspecified atom stereocenters. The van der Waals surface area contributed by atoms with Crippen LogP contribution in [0.5, 0.6) is 0 Å². The van der Waals surface area contributed by atoms with Crippen LogP contribution in [0.25, 0.3) is 0 Å². The molecule has 0 aromatic heterocycles. The minimum atomic E-state index is 0.354. The number of carbonyl (C=O) groups is 1. The van der Waals surface area contributed by atoms with Crippen molar-refractivity contribution in [3.05, 3.63) is 0 Å². The van der Waals surface area contributed by atoms with Crippen molar-refractivity contribution < 1.29 is 4.79 Å². The second kappa shape index (κ2) is 9.37. The van der Waals surface area contributed by atoms with E-state index in [-0.39, 0.29) is 0 Å². The average Bonchev–Trinajstić information content (AvgIpc) is 2.86. The summed E-state index contributed by atoms with van der Waals surface area (Å²) in [6.07, 6.45) is 7.84. The molecule has 1 rings (SSSR count). The van der Waals surface area contributed by atoms with Gasteiger partial charge in [-0.2, -0.15) is 0 Å². The smallest absolute Gasteiger partial charge is 0.222 e. The molecule has 0 bridgehead atoms. The van der Waals surface area contributed by atoms with E-state index in [9.17, 15) is 4.79 Å². The zero-order valence-electron chi connectivity index (χ0n) is 12.3. The zero-order valence-corrected chi connectivity index (χ0v) is 12.3. The molecule has 0 saturated carbocycles. The zero-order chi connectivity index (χ0) is 13.2. The van der Waals surface area contributed by atoms with E-state index < -0.39 is 0 Å². The molecule has 106 valence electrons. The van der Waals surface area contributed by atoms with Crippen LogP contribution in [0.15, 0.2) is 0 Å². The van der Waals surface area contributed by atoms with Gasteiger partial charge in [-0.3, -0.25) is 4.79 Å². The fourth-order valence-corrected chi connectivity index (χ4v) is 2.57. The van der Waals surface area contributed by atoms with Gasteiger partial charge in [0, 0.05) is 19.5 Å². The van der Waals surface area contributed by atoms with Crippen LogP contribution in [-0.4, -0.2) is 48.4 Å². The standard InChI is InChI=1S/C15H30N2O/c1-3-5-13-17(15(18)9-4-2)14-8-12-16-10-6-7-11-16/h3-14H2,1-2H3. The number of nitrogens with zero attached hydrogens (tertiary/aromatic N) is 2. The van der Waals surface area contributed by atoms with Crippen molar-refractivity contribution in [2.24, 2.45) is 0 Å². The molecule has 0 N–H and O–H groups in total. The van der Waals surface area contributed by atoms with E-state index in [4.69, 9.17) is 0 Å². The highest BCUT2D eigenvalue weighted by Gasteiger charge is 2.14. The number of carbonyl (C=O) groups excluding carboxylic acids is 1. The molecule has 0 atom stereocenters. The Balaban J connectivity index is 2.23. The van der Waals surface area contributed by atoms with Crippen LogP contribution in [0.2, 0.25) is 0 Å². The number of hydrogen-bond donors (Lipinski definition) is 0. The Bertz CT molecular complexity index is 225. The van der Waals surface area contributed by atoms with Gasteiger partial charge in [0.25, 0.3) is 0 Å². The van der Waals surface area contributed by atoms with Crippen LogP contribution in [0, 0.1) is 0 Å². The van der Waals surface area contributed by atoms with Crippen molar-refractivity contribution in [1.29, 1.82) is 0 Å². The van der Waals surface area contributed by atoms with Gasteiger partial charge in [-0.05, 0) is 51.7 Å². The second-order valence-corrected chi connectivity index (χ2v) is 5.39. The first-order chi connectivity index (χ1) is 8.77. The highest BCUT2D eigenvalue weighted by atomic mass is 16.2. The Labute approximate surface area is 113 Å². The van der Waals surface area contributed by atoms with Crippen molar-refractivity contribution in [2.45, 2.75) is 58.8 Å². The molecule has 0 aromatic carbocycles. The van der Waals surface area contributed by atoms with Gasteiger partial charge in [-0.25, -0.2) is 0 Å². The Morgan fingerprint density at radius 2 is 1.72 bits per heavy atom. The number of amides is 1. The summed E-state index contributed by atoms with van der Waals surface area (Å²) in [5, 5.41) is 0.